The highest BCUT2D eigenvalue weighted by atomic mass is 19.1. The minimum absolute atomic E-state index is 0.237. The normalized spacial score (nSPS) is 19.3. The van der Waals surface area contributed by atoms with Gasteiger partial charge < -0.3 is 4.74 Å². The van der Waals surface area contributed by atoms with Gasteiger partial charge in [-0.15, -0.1) is 0 Å². The van der Waals surface area contributed by atoms with E-state index in [1.165, 1.54) is 12.1 Å². The fraction of sp³-hybridized carbons (Fsp3) is 0.200. The van der Waals surface area contributed by atoms with Crippen LogP contribution in [0.5, 0.6) is 0 Å². The first-order chi connectivity index (χ1) is 15.2. The number of hydrogen-bond acceptors (Lipinski definition) is 5. The van der Waals surface area contributed by atoms with Crippen LogP contribution in [-0.4, -0.2) is 41.3 Å². The van der Waals surface area contributed by atoms with Gasteiger partial charge in [0.05, 0.1) is 18.9 Å². The molecule has 5 nitrogen and oxygen atoms in total. The maximum Gasteiger partial charge on any atom is 0.141 e. The van der Waals surface area contributed by atoms with E-state index in [0.717, 1.165) is 40.7 Å². The molecule has 0 radical (unpaired) electrons. The maximum atomic E-state index is 13.9. The molecular formula is C25H21FN4O. The number of nitriles is 1. The summed E-state index contributed by atoms with van der Waals surface area (Å²) in [5.41, 5.74) is 2.91. The standard InChI is InChI=1S/C25H21FN4O/c26-21-6-3-5-18(14-21)19-8-9-30(29-10-12-31-13-11-29)24(16-19)25-23-7-2-1-4-20(23)15-22(17-27)28-25/h1-9,14-16,24H,10-13H2. The Morgan fingerprint density at radius 3 is 2.71 bits per heavy atom. The number of fused-ring (bicyclic) bond motifs is 1. The van der Waals surface area contributed by atoms with Gasteiger partial charge in [0.1, 0.15) is 23.6 Å². The van der Waals surface area contributed by atoms with Crippen LogP contribution >= 0.6 is 0 Å². The second kappa shape index (κ2) is 8.31. The van der Waals surface area contributed by atoms with Crippen molar-refractivity contribution in [3.8, 4) is 6.07 Å². The molecule has 1 saturated heterocycles. The van der Waals surface area contributed by atoms with Crippen molar-refractivity contribution in [3.05, 3.63) is 95.7 Å². The Morgan fingerprint density at radius 1 is 1.06 bits per heavy atom. The van der Waals surface area contributed by atoms with Crippen molar-refractivity contribution in [3.63, 3.8) is 0 Å². The van der Waals surface area contributed by atoms with Gasteiger partial charge in [0.25, 0.3) is 0 Å². The number of nitrogens with zero attached hydrogens (tertiary/aromatic N) is 4. The second-order valence-electron chi connectivity index (χ2n) is 7.56. The predicted octanol–water partition coefficient (Wildman–Crippen LogP) is 4.45. The van der Waals surface area contributed by atoms with Gasteiger partial charge in [0.2, 0.25) is 0 Å². The third-order valence-corrected chi connectivity index (χ3v) is 5.67. The fourth-order valence-electron chi connectivity index (χ4n) is 4.18. The molecule has 0 saturated carbocycles. The van der Waals surface area contributed by atoms with Crippen molar-refractivity contribution in [2.24, 2.45) is 0 Å². The Hall–Kier alpha value is -3.53. The highest BCUT2D eigenvalue weighted by Crippen LogP contribution is 2.36. The molecule has 0 aliphatic carbocycles. The van der Waals surface area contributed by atoms with Gasteiger partial charge in [-0.2, -0.15) is 5.26 Å². The Morgan fingerprint density at radius 2 is 1.90 bits per heavy atom. The summed E-state index contributed by atoms with van der Waals surface area (Å²) in [6.45, 7) is 2.84. The van der Waals surface area contributed by atoms with Crippen molar-refractivity contribution in [2.75, 3.05) is 26.3 Å². The van der Waals surface area contributed by atoms with E-state index in [-0.39, 0.29) is 11.9 Å². The molecule has 2 aliphatic heterocycles. The second-order valence-corrected chi connectivity index (χ2v) is 7.56. The summed E-state index contributed by atoms with van der Waals surface area (Å²) in [5.74, 6) is -0.269. The largest absolute Gasteiger partial charge is 0.379 e. The molecule has 31 heavy (non-hydrogen) atoms. The predicted molar refractivity (Wildman–Crippen MR) is 117 cm³/mol. The van der Waals surface area contributed by atoms with Crippen molar-refractivity contribution >= 4 is 16.3 Å². The summed E-state index contributed by atoms with van der Waals surface area (Å²) in [6, 6.07) is 18.3. The molecule has 1 atom stereocenters. The van der Waals surface area contributed by atoms with Crippen LogP contribution in [0, 0.1) is 17.1 Å². The number of pyridine rings is 1. The van der Waals surface area contributed by atoms with Crippen LogP contribution in [0.2, 0.25) is 0 Å². The number of hydrazine groups is 1. The topological polar surface area (TPSA) is 52.4 Å². The summed E-state index contributed by atoms with van der Waals surface area (Å²) in [4.78, 5) is 4.72. The number of hydrogen-bond donors (Lipinski definition) is 0. The maximum absolute atomic E-state index is 13.9. The van der Waals surface area contributed by atoms with Gasteiger partial charge in [-0.25, -0.2) is 14.4 Å². The molecule has 6 heteroatoms. The average molecular weight is 412 g/mol. The highest BCUT2D eigenvalue weighted by Gasteiger charge is 2.29. The van der Waals surface area contributed by atoms with Crippen molar-refractivity contribution in [1.29, 1.82) is 5.26 Å². The zero-order valence-electron chi connectivity index (χ0n) is 16.9. The Bertz CT molecular complexity index is 1220. The van der Waals surface area contributed by atoms with E-state index >= 15 is 0 Å². The average Bonchev–Trinajstić information content (AvgIpc) is 2.83. The molecule has 1 aromatic heterocycles. The number of benzene rings is 2. The Balaban J connectivity index is 1.67. The van der Waals surface area contributed by atoms with Gasteiger partial charge in [-0.3, -0.25) is 5.01 Å². The summed E-state index contributed by atoms with van der Waals surface area (Å²) >= 11 is 0. The summed E-state index contributed by atoms with van der Waals surface area (Å²) in [5, 5.41) is 15.9. The van der Waals surface area contributed by atoms with E-state index in [1.54, 1.807) is 6.07 Å². The van der Waals surface area contributed by atoms with Crippen molar-refractivity contribution in [2.45, 2.75) is 6.04 Å². The lowest BCUT2D eigenvalue weighted by molar-refractivity contribution is -0.0767. The van der Waals surface area contributed by atoms with E-state index < -0.39 is 0 Å². The van der Waals surface area contributed by atoms with Crippen LogP contribution in [-0.2, 0) is 4.74 Å². The number of aromatic nitrogens is 1. The van der Waals surface area contributed by atoms with Crippen molar-refractivity contribution < 1.29 is 9.13 Å². The van der Waals surface area contributed by atoms with Crippen LogP contribution in [0.3, 0.4) is 0 Å². The molecule has 0 bridgehead atoms. The summed E-state index contributed by atoms with van der Waals surface area (Å²) in [7, 11) is 0. The van der Waals surface area contributed by atoms with Crippen LogP contribution in [0.15, 0.2) is 72.9 Å². The van der Waals surface area contributed by atoms with E-state index in [1.807, 2.05) is 48.7 Å². The molecule has 5 rings (SSSR count). The first-order valence-corrected chi connectivity index (χ1v) is 10.3. The lowest BCUT2D eigenvalue weighted by Gasteiger charge is -2.42. The van der Waals surface area contributed by atoms with E-state index in [0.29, 0.717) is 18.9 Å². The van der Waals surface area contributed by atoms with Crippen molar-refractivity contribution in [1.82, 2.24) is 15.0 Å². The van der Waals surface area contributed by atoms with Gasteiger partial charge >= 0.3 is 0 Å². The Labute approximate surface area is 180 Å². The number of morpholine rings is 1. The third kappa shape index (κ3) is 3.81. The van der Waals surface area contributed by atoms with Gasteiger partial charge in [0, 0.05) is 24.7 Å². The number of halogens is 1. The molecule has 0 spiro atoms. The number of ether oxygens (including phenoxy) is 1. The van der Waals surface area contributed by atoms with Gasteiger partial charge in [-0.05, 0) is 46.9 Å². The summed E-state index contributed by atoms with van der Waals surface area (Å²) < 4.78 is 19.4. The molecule has 0 amide bonds. The quantitative estimate of drug-likeness (QED) is 0.636. The number of rotatable bonds is 3. The fourth-order valence-corrected chi connectivity index (χ4v) is 4.18. The zero-order valence-corrected chi connectivity index (χ0v) is 16.9. The third-order valence-electron chi connectivity index (χ3n) is 5.67. The van der Waals surface area contributed by atoms with Crippen LogP contribution in [0.25, 0.3) is 16.3 Å². The molecular weight excluding hydrogens is 391 g/mol. The first-order valence-electron chi connectivity index (χ1n) is 10.3. The van der Waals surface area contributed by atoms with E-state index in [4.69, 9.17) is 9.72 Å². The van der Waals surface area contributed by atoms with Gasteiger partial charge in [0.15, 0.2) is 0 Å². The molecule has 3 heterocycles. The molecule has 2 aliphatic rings. The minimum Gasteiger partial charge on any atom is -0.379 e. The van der Waals surface area contributed by atoms with Crippen LogP contribution in [0.4, 0.5) is 4.39 Å². The number of allylic oxidation sites excluding steroid dienone is 2. The molecule has 0 N–H and O–H groups in total. The highest BCUT2D eigenvalue weighted by molar-refractivity contribution is 5.86. The van der Waals surface area contributed by atoms with E-state index in [2.05, 4.69) is 22.2 Å². The SMILES string of the molecule is N#Cc1cc2ccccc2c(C2C=C(c3cccc(F)c3)C=CN2N2CCOCC2)n1. The van der Waals surface area contributed by atoms with Crippen LogP contribution in [0.1, 0.15) is 23.0 Å². The molecule has 3 aromatic rings. The smallest absolute Gasteiger partial charge is 0.141 e. The van der Waals surface area contributed by atoms with Crippen LogP contribution < -0.4 is 0 Å². The zero-order chi connectivity index (χ0) is 21.2. The lowest BCUT2D eigenvalue weighted by atomic mass is 9.96. The monoisotopic (exact) mass is 412 g/mol. The molecule has 2 aromatic carbocycles. The first kappa shape index (κ1) is 19.4. The van der Waals surface area contributed by atoms with Gasteiger partial charge in [-0.1, -0.05) is 36.4 Å². The minimum atomic E-state index is -0.269. The molecule has 1 fully saturated rings. The summed E-state index contributed by atoms with van der Waals surface area (Å²) in [6.07, 6.45) is 6.11. The molecule has 154 valence electrons. The Kier molecular flexibility index (Phi) is 5.21. The van der Waals surface area contributed by atoms with E-state index in [9.17, 15) is 9.65 Å². The molecule has 1 unspecified atom stereocenters. The lowest BCUT2D eigenvalue weighted by Crippen LogP contribution is -2.48.